The Bertz CT molecular complexity index is 1540. The Morgan fingerprint density at radius 2 is 1.92 bits per heavy atom. The van der Waals surface area contributed by atoms with Crippen LogP contribution in [0.4, 0.5) is 4.39 Å². The molecule has 0 saturated carbocycles. The third kappa shape index (κ3) is 5.04. The highest BCUT2D eigenvalue weighted by atomic mass is 19.1. The van der Waals surface area contributed by atoms with Crippen molar-refractivity contribution in [3.05, 3.63) is 114 Å². The molecule has 2 unspecified atom stereocenters. The Balaban J connectivity index is 1.50. The van der Waals surface area contributed by atoms with E-state index in [1.807, 2.05) is 42.5 Å². The van der Waals surface area contributed by atoms with Gasteiger partial charge in [0.15, 0.2) is 0 Å². The predicted octanol–water partition coefficient (Wildman–Crippen LogP) is 6.10. The van der Waals surface area contributed by atoms with Gasteiger partial charge in [0.2, 0.25) is 0 Å². The average molecular weight is 514 g/mol. The van der Waals surface area contributed by atoms with Gasteiger partial charge in [-0.25, -0.2) is 4.39 Å². The van der Waals surface area contributed by atoms with Crippen molar-refractivity contribution in [1.29, 1.82) is 0 Å². The third-order valence-electron chi connectivity index (χ3n) is 6.86. The van der Waals surface area contributed by atoms with Crippen LogP contribution in [0.25, 0.3) is 27.7 Å². The number of hydrogen-bond donors (Lipinski definition) is 2. The number of hydrogen-bond acceptors (Lipinski definition) is 5. The van der Waals surface area contributed by atoms with Gasteiger partial charge in [0.05, 0.1) is 19.3 Å². The second kappa shape index (κ2) is 10.8. The molecule has 0 spiro atoms. The summed E-state index contributed by atoms with van der Waals surface area (Å²) >= 11 is 0. The number of nitrogens with two attached hydrogens (primary N) is 1. The molecule has 5 rings (SSSR count). The van der Waals surface area contributed by atoms with Gasteiger partial charge in [-0.05, 0) is 64.7 Å². The van der Waals surface area contributed by atoms with Crippen LogP contribution in [0.3, 0.4) is 0 Å². The average Bonchev–Trinajstić information content (AvgIpc) is 3.41. The zero-order valence-electron chi connectivity index (χ0n) is 20.9. The molecule has 1 aliphatic rings. The van der Waals surface area contributed by atoms with E-state index < -0.39 is 17.7 Å². The zero-order chi connectivity index (χ0) is 26.7. The lowest BCUT2D eigenvalue weighted by Crippen LogP contribution is -2.46. The molecule has 6 nitrogen and oxygen atoms in total. The first-order valence-electron chi connectivity index (χ1n) is 12.3. The largest absolute Gasteiger partial charge is 0.481 e. The highest BCUT2D eigenvalue weighted by Gasteiger charge is 2.41. The molecule has 4 aromatic rings. The summed E-state index contributed by atoms with van der Waals surface area (Å²) in [6.07, 6.45) is 5.61. The number of benzene rings is 3. The Kier molecular flexibility index (Phi) is 7.24. The number of fused-ring (bicyclic) bond motifs is 1. The van der Waals surface area contributed by atoms with Gasteiger partial charge in [0, 0.05) is 30.2 Å². The van der Waals surface area contributed by atoms with Crippen molar-refractivity contribution in [2.75, 3.05) is 7.11 Å². The summed E-state index contributed by atoms with van der Waals surface area (Å²) in [6.45, 7) is 0.585. The van der Waals surface area contributed by atoms with Crippen LogP contribution in [0, 0.1) is 5.82 Å². The maximum atomic E-state index is 14.6. The molecule has 0 aliphatic heterocycles. The summed E-state index contributed by atoms with van der Waals surface area (Å²) in [5.41, 5.74) is 10.1. The number of carboxylic acid groups (broad SMARTS) is 1. The molecule has 7 heteroatoms. The standard InChI is InChI=1S/C31H28FNO5/c1-36-31(17-29(34)35)11-9-23(25-7-2-3-8-27(25)32)16-28(31)38-19-21-14-24-10-12-37-30(24)26(15-21)22-6-4-5-20(13-22)18-33/h2-16,28H,17-19,33H2,1H3,(H,34,35). The van der Waals surface area contributed by atoms with Crippen molar-refractivity contribution < 1.29 is 28.2 Å². The van der Waals surface area contributed by atoms with Crippen LogP contribution in [-0.4, -0.2) is 29.9 Å². The second-order valence-electron chi connectivity index (χ2n) is 9.28. The number of methoxy groups -OCH3 is 1. The number of carbonyl (C=O) groups is 1. The van der Waals surface area contributed by atoms with Crippen molar-refractivity contribution in [3.63, 3.8) is 0 Å². The molecule has 194 valence electrons. The van der Waals surface area contributed by atoms with Crippen LogP contribution in [0.15, 0.2) is 95.6 Å². The van der Waals surface area contributed by atoms with Crippen LogP contribution >= 0.6 is 0 Å². The maximum absolute atomic E-state index is 14.6. The quantitative estimate of drug-likeness (QED) is 0.281. The minimum absolute atomic E-state index is 0.162. The Morgan fingerprint density at radius 3 is 2.68 bits per heavy atom. The van der Waals surface area contributed by atoms with E-state index in [1.165, 1.54) is 13.2 Å². The SMILES string of the molecule is COC1(CC(=O)O)C=CC(c2ccccc2F)=CC1OCc1cc(-c2cccc(CN)c2)c2occc2c1. The number of allylic oxidation sites excluding steroid dienone is 2. The molecule has 1 heterocycles. The highest BCUT2D eigenvalue weighted by molar-refractivity contribution is 5.93. The molecular formula is C31H28FNO5. The molecule has 1 aromatic heterocycles. The first kappa shape index (κ1) is 25.6. The lowest BCUT2D eigenvalue weighted by molar-refractivity contribution is -0.149. The molecule has 0 saturated heterocycles. The number of carboxylic acids is 1. The number of aliphatic carboxylic acids is 1. The van der Waals surface area contributed by atoms with Gasteiger partial charge >= 0.3 is 5.97 Å². The molecular weight excluding hydrogens is 485 g/mol. The van der Waals surface area contributed by atoms with Gasteiger partial charge in [-0.3, -0.25) is 4.79 Å². The first-order valence-corrected chi connectivity index (χ1v) is 12.3. The number of ether oxygens (including phenoxy) is 2. The molecule has 0 amide bonds. The van der Waals surface area contributed by atoms with Gasteiger partial charge in [0.1, 0.15) is 23.1 Å². The molecule has 2 atom stereocenters. The van der Waals surface area contributed by atoms with Crippen molar-refractivity contribution >= 4 is 22.5 Å². The van der Waals surface area contributed by atoms with E-state index in [-0.39, 0.29) is 18.8 Å². The molecule has 38 heavy (non-hydrogen) atoms. The van der Waals surface area contributed by atoms with E-state index in [0.717, 1.165) is 33.2 Å². The summed E-state index contributed by atoms with van der Waals surface area (Å²) in [5, 5.41) is 10.5. The minimum atomic E-state index is -1.25. The molecule has 0 radical (unpaired) electrons. The van der Waals surface area contributed by atoms with Crippen LogP contribution in [0.5, 0.6) is 0 Å². The van der Waals surface area contributed by atoms with Crippen molar-refractivity contribution in [2.45, 2.75) is 31.3 Å². The Hall–Kier alpha value is -4.04. The van der Waals surface area contributed by atoms with Gasteiger partial charge in [-0.2, -0.15) is 0 Å². The van der Waals surface area contributed by atoms with Gasteiger partial charge in [-0.15, -0.1) is 0 Å². The van der Waals surface area contributed by atoms with E-state index in [4.69, 9.17) is 19.6 Å². The van der Waals surface area contributed by atoms with Crippen molar-refractivity contribution in [2.24, 2.45) is 5.73 Å². The summed E-state index contributed by atoms with van der Waals surface area (Å²) in [4.78, 5) is 11.8. The number of halogens is 1. The number of furan rings is 1. The van der Waals surface area contributed by atoms with Crippen LogP contribution < -0.4 is 5.73 Å². The predicted molar refractivity (Wildman–Crippen MR) is 144 cm³/mol. The number of rotatable bonds is 9. The fraction of sp³-hybridized carbons (Fsp3) is 0.194. The van der Waals surface area contributed by atoms with Gasteiger partial charge < -0.3 is 24.7 Å². The summed E-state index contributed by atoms with van der Waals surface area (Å²) in [7, 11) is 1.45. The first-order chi connectivity index (χ1) is 18.4. The van der Waals surface area contributed by atoms with E-state index in [2.05, 4.69) is 0 Å². The fourth-order valence-corrected chi connectivity index (χ4v) is 4.90. The van der Waals surface area contributed by atoms with Crippen LogP contribution in [0.2, 0.25) is 0 Å². The van der Waals surface area contributed by atoms with E-state index >= 15 is 0 Å². The molecule has 3 N–H and O–H groups in total. The zero-order valence-corrected chi connectivity index (χ0v) is 20.9. The van der Waals surface area contributed by atoms with E-state index in [0.29, 0.717) is 17.7 Å². The van der Waals surface area contributed by atoms with E-state index in [1.54, 1.807) is 42.7 Å². The minimum Gasteiger partial charge on any atom is -0.481 e. The molecule has 0 bridgehead atoms. The second-order valence-corrected chi connectivity index (χ2v) is 9.28. The summed E-state index contributed by atoms with van der Waals surface area (Å²) < 4.78 is 32.4. The normalized spacial score (nSPS) is 19.0. The highest BCUT2D eigenvalue weighted by Crippen LogP contribution is 2.36. The van der Waals surface area contributed by atoms with Crippen LogP contribution in [-0.2, 0) is 27.4 Å². The monoisotopic (exact) mass is 513 g/mol. The smallest absolute Gasteiger partial charge is 0.306 e. The Morgan fingerprint density at radius 1 is 1.08 bits per heavy atom. The van der Waals surface area contributed by atoms with Gasteiger partial charge in [-0.1, -0.05) is 42.5 Å². The molecule has 3 aromatic carbocycles. The summed E-state index contributed by atoms with van der Waals surface area (Å²) in [5.74, 6) is -1.41. The molecule has 0 fully saturated rings. The van der Waals surface area contributed by atoms with Crippen molar-refractivity contribution in [3.8, 4) is 11.1 Å². The van der Waals surface area contributed by atoms with Crippen molar-refractivity contribution in [1.82, 2.24) is 0 Å². The summed E-state index contributed by atoms with van der Waals surface area (Å²) in [6, 6.07) is 20.2. The molecule has 1 aliphatic carbocycles. The van der Waals surface area contributed by atoms with Gasteiger partial charge in [0.25, 0.3) is 0 Å². The topological polar surface area (TPSA) is 94.9 Å². The third-order valence-corrected chi connectivity index (χ3v) is 6.86. The Labute approximate surface area is 219 Å². The lowest BCUT2D eigenvalue weighted by Gasteiger charge is -2.37. The lowest BCUT2D eigenvalue weighted by atomic mass is 9.84. The van der Waals surface area contributed by atoms with Crippen LogP contribution in [0.1, 0.15) is 23.1 Å². The van der Waals surface area contributed by atoms with E-state index in [9.17, 15) is 14.3 Å². The maximum Gasteiger partial charge on any atom is 0.306 e. The fourth-order valence-electron chi connectivity index (χ4n) is 4.90.